The van der Waals surface area contributed by atoms with Crippen LogP contribution in [0.2, 0.25) is 0 Å². The van der Waals surface area contributed by atoms with Gasteiger partial charge in [-0.2, -0.15) is 0 Å². The molecule has 84 valence electrons. The van der Waals surface area contributed by atoms with Crippen molar-refractivity contribution in [1.29, 1.82) is 0 Å². The highest BCUT2D eigenvalue weighted by atomic mass is 16.5. The van der Waals surface area contributed by atoms with Crippen molar-refractivity contribution < 1.29 is 9.53 Å². The number of ether oxygens (including phenoxy) is 1. The number of nitrogens with zero attached hydrogens (tertiary/aromatic N) is 2. The first-order valence-electron chi connectivity index (χ1n) is 5.45. The van der Waals surface area contributed by atoms with Crippen LogP contribution in [0.4, 0.5) is 0 Å². The summed E-state index contributed by atoms with van der Waals surface area (Å²) >= 11 is 0. The molecule has 1 fully saturated rings. The zero-order chi connectivity index (χ0) is 10.8. The number of aliphatic imine (C=N–C) groups is 1. The van der Waals surface area contributed by atoms with Gasteiger partial charge in [0, 0.05) is 6.54 Å². The van der Waals surface area contributed by atoms with E-state index in [1.165, 1.54) is 0 Å². The van der Waals surface area contributed by atoms with Crippen LogP contribution in [0.5, 0.6) is 0 Å². The summed E-state index contributed by atoms with van der Waals surface area (Å²) in [5.41, 5.74) is 5.85. The minimum atomic E-state index is -0.616. The fourth-order valence-corrected chi connectivity index (χ4v) is 2.30. The first-order chi connectivity index (χ1) is 7.24. The summed E-state index contributed by atoms with van der Waals surface area (Å²) < 4.78 is 4.91. The van der Waals surface area contributed by atoms with Crippen molar-refractivity contribution >= 4 is 12.3 Å². The molecular formula is C10H17N3O2. The van der Waals surface area contributed by atoms with E-state index in [0.29, 0.717) is 12.6 Å². The van der Waals surface area contributed by atoms with Crippen LogP contribution in [-0.2, 0) is 9.53 Å². The summed E-state index contributed by atoms with van der Waals surface area (Å²) in [6.07, 6.45) is 4.04. The molecule has 5 heteroatoms. The third-order valence-electron chi connectivity index (χ3n) is 3.05. The van der Waals surface area contributed by atoms with Crippen molar-refractivity contribution in [3.63, 3.8) is 0 Å². The van der Waals surface area contributed by atoms with Crippen LogP contribution in [0.3, 0.4) is 0 Å². The van der Waals surface area contributed by atoms with E-state index in [9.17, 15) is 4.79 Å². The molecule has 2 aliphatic heterocycles. The second-order valence-electron chi connectivity index (χ2n) is 3.98. The van der Waals surface area contributed by atoms with Crippen LogP contribution in [0.25, 0.3) is 0 Å². The number of hydrogen-bond acceptors (Lipinski definition) is 5. The minimum Gasteiger partial charge on any atom is -0.465 e. The lowest BCUT2D eigenvalue weighted by atomic mass is 10.0. The molecule has 1 saturated heterocycles. The van der Waals surface area contributed by atoms with E-state index in [-0.39, 0.29) is 12.0 Å². The molecule has 3 atom stereocenters. The molecule has 2 aliphatic rings. The standard InChI is InChI=1S/C10H17N3O2/c1-2-15-10(14)8(11)9-7-4-3-5-13(7)6-12-9/h6-9H,2-5,11H2,1H3. The Morgan fingerprint density at radius 3 is 3.33 bits per heavy atom. The molecule has 0 radical (unpaired) electrons. The highest BCUT2D eigenvalue weighted by Gasteiger charge is 2.40. The normalized spacial score (nSPS) is 30.4. The average molecular weight is 211 g/mol. The second kappa shape index (κ2) is 4.18. The van der Waals surface area contributed by atoms with Gasteiger partial charge in [-0.15, -0.1) is 0 Å². The third-order valence-corrected chi connectivity index (χ3v) is 3.05. The number of fused-ring (bicyclic) bond motifs is 1. The van der Waals surface area contributed by atoms with Crippen LogP contribution in [-0.4, -0.2) is 48.5 Å². The van der Waals surface area contributed by atoms with Gasteiger partial charge in [-0.05, 0) is 19.8 Å². The van der Waals surface area contributed by atoms with E-state index >= 15 is 0 Å². The van der Waals surface area contributed by atoms with Crippen LogP contribution in [0.1, 0.15) is 19.8 Å². The molecule has 0 aromatic rings. The molecule has 3 unspecified atom stereocenters. The summed E-state index contributed by atoms with van der Waals surface area (Å²) in [5.74, 6) is -0.339. The molecule has 2 heterocycles. The Bertz CT molecular complexity index is 280. The molecule has 0 amide bonds. The van der Waals surface area contributed by atoms with Gasteiger partial charge < -0.3 is 15.4 Å². The van der Waals surface area contributed by atoms with Gasteiger partial charge >= 0.3 is 5.97 Å². The smallest absolute Gasteiger partial charge is 0.325 e. The zero-order valence-corrected chi connectivity index (χ0v) is 8.93. The van der Waals surface area contributed by atoms with Gasteiger partial charge in [-0.3, -0.25) is 9.79 Å². The number of rotatable bonds is 3. The van der Waals surface area contributed by atoms with Crippen LogP contribution < -0.4 is 5.73 Å². The van der Waals surface area contributed by atoms with Gasteiger partial charge in [0.1, 0.15) is 6.04 Å². The van der Waals surface area contributed by atoms with Crippen LogP contribution >= 0.6 is 0 Å². The number of carbonyl (C=O) groups is 1. The van der Waals surface area contributed by atoms with Gasteiger partial charge in [-0.25, -0.2) is 0 Å². The van der Waals surface area contributed by atoms with Crippen molar-refractivity contribution in [3.8, 4) is 0 Å². The zero-order valence-electron chi connectivity index (χ0n) is 8.93. The Balaban J connectivity index is 1.99. The van der Waals surface area contributed by atoms with Crippen molar-refractivity contribution in [2.45, 2.75) is 37.9 Å². The second-order valence-corrected chi connectivity index (χ2v) is 3.98. The maximum Gasteiger partial charge on any atom is 0.325 e. The van der Waals surface area contributed by atoms with E-state index in [1.54, 1.807) is 6.92 Å². The van der Waals surface area contributed by atoms with Gasteiger partial charge in [0.2, 0.25) is 0 Å². The lowest BCUT2D eigenvalue weighted by Crippen LogP contribution is -2.48. The fraction of sp³-hybridized carbons (Fsp3) is 0.800. The minimum absolute atomic E-state index is 0.119. The van der Waals surface area contributed by atoms with Gasteiger partial charge in [0.05, 0.1) is 25.0 Å². The number of esters is 1. The van der Waals surface area contributed by atoms with Crippen molar-refractivity contribution in [3.05, 3.63) is 0 Å². The third kappa shape index (κ3) is 1.84. The van der Waals surface area contributed by atoms with E-state index in [0.717, 1.165) is 19.4 Å². The van der Waals surface area contributed by atoms with E-state index in [1.807, 2.05) is 6.34 Å². The summed E-state index contributed by atoms with van der Waals surface area (Å²) in [7, 11) is 0. The monoisotopic (exact) mass is 211 g/mol. The van der Waals surface area contributed by atoms with Gasteiger partial charge in [-0.1, -0.05) is 0 Å². The molecule has 0 bridgehead atoms. The quantitative estimate of drug-likeness (QED) is 0.654. The molecule has 0 aliphatic carbocycles. The Hall–Kier alpha value is -1.10. The highest BCUT2D eigenvalue weighted by molar-refractivity contribution is 5.77. The Labute approximate surface area is 89.3 Å². The van der Waals surface area contributed by atoms with Crippen molar-refractivity contribution in [1.82, 2.24) is 4.90 Å². The molecule has 5 nitrogen and oxygen atoms in total. The predicted molar refractivity (Wildman–Crippen MR) is 56.6 cm³/mol. The Kier molecular flexibility index (Phi) is 2.90. The predicted octanol–water partition coefficient (Wildman–Crippen LogP) is -0.248. The van der Waals surface area contributed by atoms with Gasteiger partial charge in [0.25, 0.3) is 0 Å². The van der Waals surface area contributed by atoms with Crippen LogP contribution in [0, 0.1) is 0 Å². The number of hydrogen-bond donors (Lipinski definition) is 1. The summed E-state index contributed by atoms with van der Waals surface area (Å²) in [6, 6.07) is -0.426. The first kappa shape index (κ1) is 10.4. The van der Waals surface area contributed by atoms with Gasteiger partial charge in [0.15, 0.2) is 0 Å². The average Bonchev–Trinajstić information content (AvgIpc) is 2.77. The lowest BCUT2D eigenvalue weighted by molar-refractivity contribution is -0.145. The topological polar surface area (TPSA) is 67.9 Å². The SMILES string of the molecule is CCOC(=O)C(N)C1N=CN2CCCC12. The summed E-state index contributed by atoms with van der Waals surface area (Å²) in [6.45, 7) is 3.18. The van der Waals surface area contributed by atoms with E-state index in [4.69, 9.17) is 10.5 Å². The Morgan fingerprint density at radius 1 is 1.80 bits per heavy atom. The molecular weight excluding hydrogens is 194 g/mol. The number of nitrogens with two attached hydrogens (primary N) is 1. The lowest BCUT2D eigenvalue weighted by Gasteiger charge is -2.23. The van der Waals surface area contributed by atoms with Crippen molar-refractivity contribution in [2.24, 2.45) is 10.7 Å². The number of carbonyl (C=O) groups excluding carboxylic acids is 1. The molecule has 0 saturated carbocycles. The molecule has 2 rings (SSSR count). The molecule has 0 spiro atoms. The largest absolute Gasteiger partial charge is 0.465 e. The van der Waals surface area contributed by atoms with E-state index < -0.39 is 6.04 Å². The highest BCUT2D eigenvalue weighted by Crippen LogP contribution is 2.26. The fourth-order valence-electron chi connectivity index (χ4n) is 2.30. The maximum atomic E-state index is 11.5. The van der Waals surface area contributed by atoms with E-state index in [2.05, 4.69) is 9.89 Å². The Morgan fingerprint density at radius 2 is 2.60 bits per heavy atom. The molecule has 2 N–H and O–H groups in total. The first-order valence-corrected chi connectivity index (χ1v) is 5.45. The summed E-state index contributed by atoms with van der Waals surface area (Å²) in [5, 5.41) is 0. The maximum absolute atomic E-state index is 11.5. The molecule has 0 aromatic carbocycles. The molecule has 15 heavy (non-hydrogen) atoms. The van der Waals surface area contributed by atoms with Crippen LogP contribution in [0.15, 0.2) is 4.99 Å². The van der Waals surface area contributed by atoms with Crippen molar-refractivity contribution in [2.75, 3.05) is 13.2 Å². The summed E-state index contributed by atoms with van der Waals surface area (Å²) in [4.78, 5) is 17.9. The molecule has 0 aromatic heterocycles.